The van der Waals surface area contributed by atoms with Crippen LogP contribution in [0.3, 0.4) is 0 Å². The number of carboxylic acids is 1. The zero-order chi connectivity index (χ0) is 17.5. The minimum absolute atomic E-state index is 0.0283. The lowest BCUT2D eigenvalue weighted by Gasteiger charge is -2.28. The van der Waals surface area contributed by atoms with Crippen LogP contribution in [0.4, 0.5) is 0 Å². The number of nitrogens with zero attached hydrogens (tertiary/aromatic N) is 3. The highest BCUT2D eigenvalue weighted by atomic mass is 16.4. The summed E-state index contributed by atoms with van der Waals surface area (Å²) >= 11 is 0. The Bertz CT molecular complexity index is 774. The summed E-state index contributed by atoms with van der Waals surface area (Å²) in [5.41, 5.74) is 2.86. The Balaban J connectivity index is 1.74. The number of hydrogen-bond acceptors (Lipinski definition) is 5. The van der Waals surface area contributed by atoms with Gasteiger partial charge in [-0.3, -0.25) is 4.90 Å². The van der Waals surface area contributed by atoms with Gasteiger partial charge in [-0.2, -0.15) is 0 Å². The Morgan fingerprint density at radius 2 is 2.17 bits per heavy atom. The van der Waals surface area contributed by atoms with E-state index in [1.807, 2.05) is 6.20 Å². The fraction of sp³-hybridized carbons (Fsp3) is 0.500. The molecule has 3 heterocycles. The number of rotatable bonds is 3. The van der Waals surface area contributed by atoms with Gasteiger partial charge in [-0.05, 0) is 13.0 Å². The smallest absolute Gasteiger partial charge is 0.372 e. The molecule has 0 bridgehead atoms. The fourth-order valence-corrected chi connectivity index (χ4v) is 2.93. The van der Waals surface area contributed by atoms with Gasteiger partial charge in [0.1, 0.15) is 11.6 Å². The fourth-order valence-electron chi connectivity index (χ4n) is 2.93. The van der Waals surface area contributed by atoms with E-state index in [1.54, 1.807) is 13.0 Å². The maximum absolute atomic E-state index is 11.1. The van der Waals surface area contributed by atoms with Gasteiger partial charge in [0, 0.05) is 47.9 Å². The van der Waals surface area contributed by atoms with Crippen LogP contribution in [0.2, 0.25) is 0 Å². The van der Waals surface area contributed by atoms with Gasteiger partial charge >= 0.3 is 5.97 Å². The monoisotopic (exact) mass is 329 g/mol. The number of aromatic carboxylic acids is 1. The van der Waals surface area contributed by atoms with Crippen molar-refractivity contribution >= 4 is 5.97 Å². The van der Waals surface area contributed by atoms with E-state index in [4.69, 9.17) is 14.5 Å². The second-order valence-electron chi connectivity index (χ2n) is 7.41. The molecule has 0 aliphatic carbocycles. The molecule has 0 atom stereocenters. The molecule has 2 aromatic rings. The summed E-state index contributed by atoms with van der Waals surface area (Å²) in [5.74, 6) is 0.564. The first-order valence-corrected chi connectivity index (χ1v) is 8.14. The van der Waals surface area contributed by atoms with Crippen LogP contribution in [-0.2, 0) is 24.9 Å². The van der Waals surface area contributed by atoms with Crippen LogP contribution >= 0.6 is 0 Å². The lowest BCUT2D eigenvalue weighted by molar-refractivity contribution is 0.0657. The Kier molecular flexibility index (Phi) is 4.17. The molecule has 6 nitrogen and oxygen atoms in total. The normalized spacial score (nSPS) is 15.3. The SMILES string of the molecule is Cc1cc(CN2CCc3nc(C(C)(C)C)ncc3C2)oc1C(=O)O. The number of aromatic nitrogens is 2. The number of furan rings is 1. The van der Waals surface area contributed by atoms with Crippen molar-refractivity contribution in [1.29, 1.82) is 0 Å². The highest BCUT2D eigenvalue weighted by molar-refractivity contribution is 5.86. The first-order valence-electron chi connectivity index (χ1n) is 8.14. The molecule has 0 saturated carbocycles. The summed E-state index contributed by atoms with van der Waals surface area (Å²) in [5, 5.41) is 9.08. The molecule has 3 rings (SSSR count). The van der Waals surface area contributed by atoms with Crippen molar-refractivity contribution in [2.24, 2.45) is 0 Å². The predicted molar refractivity (Wildman–Crippen MR) is 89.0 cm³/mol. The maximum Gasteiger partial charge on any atom is 0.372 e. The van der Waals surface area contributed by atoms with Gasteiger partial charge in [-0.25, -0.2) is 14.8 Å². The van der Waals surface area contributed by atoms with Gasteiger partial charge in [0.05, 0.1) is 6.54 Å². The van der Waals surface area contributed by atoms with Crippen molar-refractivity contribution < 1.29 is 14.3 Å². The van der Waals surface area contributed by atoms with E-state index in [1.165, 1.54) is 0 Å². The Labute approximate surface area is 141 Å². The molecule has 0 unspecified atom stereocenters. The third kappa shape index (κ3) is 3.33. The van der Waals surface area contributed by atoms with Crippen molar-refractivity contribution in [1.82, 2.24) is 14.9 Å². The van der Waals surface area contributed by atoms with E-state index < -0.39 is 5.97 Å². The molecule has 0 spiro atoms. The van der Waals surface area contributed by atoms with Crippen molar-refractivity contribution in [3.05, 3.63) is 46.4 Å². The summed E-state index contributed by atoms with van der Waals surface area (Å²) in [6, 6.07) is 1.80. The van der Waals surface area contributed by atoms with E-state index in [-0.39, 0.29) is 11.2 Å². The molecule has 0 radical (unpaired) electrons. The Morgan fingerprint density at radius 1 is 1.42 bits per heavy atom. The first-order chi connectivity index (χ1) is 11.2. The van der Waals surface area contributed by atoms with Gasteiger partial charge in [0.15, 0.2) is 0 Å². The molecule has 0 amide bonds. The maximum atomic E-state index is 11.1. The average molecular weight is 329 g/mol. The summed E-state index contributed by atoms with van der Waals surface area (Å²) < 4.78 is 5.46. The number of aryl methyl sites for hydroxylation is 1. The summed E-state index contributed by atoms with van der Waals surface area (Å²) in [6.45, 7) is 10.3. The van der Waals surface area contributed by atoms with Crippen molar-refractivity contribution in [3.8, 4) is 0 Å². The minimum Gasteiger partial charge on any atom is -0.475 e. The molecule has 1 aliphatic heterocycles. The number of hydrogen-bond donors (Lipinski definition) is 1. The summed E-state index contributed by atoms with van der Waals surface area (Å²) in [6.07, 6.45) is 2.79. The van der Waals surface area contributed by atoms with Crippen LogP contribution in [0.25, 0.3) is 0 Å². The molecule has 128 valence electrons. The van der Waals surface area contributed by atoms with Crippen LogP contribution in [0.5, 0.6) is 0 Å². The van der Waals surface area contributed by atoms with E-state index in [0.717, 1.165) is 36.6 Å². The van der Waals surface area contributed by atoms with Crippen LogP contribution in [0, 0.1) is 6.92 Å². The molecular weight excluding hydrogens is 306 g/mol. The Morgan fingerprint density at radius 3 is 2.79 bits per heavy atom. The average Bonchev–Trinajstić information content (AvgIpc) is 2.86. The minimum atomic E-state index is -1.02. The Hall–Kier alpha value is -2.21. The molecule has 6 heteroatoms. The van der Waals surface area contributed by atoms with Gasteiger partial charge in [-0.1, -0.05) is 20.8 Å². The molecular formula is C18H23N3O3. The van der Waals surface area contributed by atoms with Gasteiger partial charge in [0.2, 0.25) is 5.76 Å². The van der Waals surface area contributed by atoms with E-state index in [2.05, 4.69) is 30.7 Å². The van der Waals surface area contributed by atoms with Crippen molar-refractivity contribution in [2.45, 2.75) is 52.6 Å². The zero-order valence-electron chi connectivity index (χ0n) is 14.6. The largest absolute Gasteiger partial charge is 0.475 e. The van der Waals surface area contributed by atoms with Crippen LogP contribution in [0.15, 0.2) is 16.7 Å². The highest BCUT2D eigenvalue weighted by Crippen LogP contribution is 2.24. The van der Waals surface area contributed by atoms with Crippen molar-refractivity contribution in [3.63, 3.8) is 0 Å². The molecule has 0 saturated heterocycles. The van der Waals surface area contributed by atoms with Crippen LogP contribution in [0.1, 0.15) is 59.7 Å². The lowest BCUT2D eigenvalue weighted by atomic mass is 9.95. The number of carboxylic acid groups (broad SMARTS) is 1. The second kappa shape index (κ2) is 6.02. The van der Waals surface area contributed by atoms with E-state index in [0.29, 0.717) is 17.9 Å². The lowest BCUT2D eigenvalue weighted by Crippen LogP contribution is -2.31. The molecule has 2 aromatic heterocycles. The third-order valence-electron chi connectivity index (χ3n) is 4.23. The topological polar surface area (TPSA) is 79.5 Å². The molecule has 0 aromatic carbocycles. The quantitative estimate of drug-likeness (QED) is 0.932. The van der Waals surface area contributed by atoms with Crippen molar-refractivity contribution in [2.75, 3.05) is 6.54 Å². The standard InChI is InChI=1S/C18H23N3O3/c1-11-7-13(24-15(11)16(22)23)10-21-6-5-14-12(9-21)8-19-17(20-14)18(2,3)4/h7-8H,5-6,9-10H2,1-4H3,(H,22,23). The highest BCUT2D eigenvalue weighted by Gasteiger charge is 2.24. The second-order valence-corrected chi connectivity index (χ2v) is 7.41. The molecule has 1 aliphatic rings. The zero-order valence-corrected chi connectivity index (χ0v) is 14.6. The van der Waals surface area contributed by atoms with E-state index in [9.17, 15) is 4.79 Å². The van der Waals surface area contributed by atoms with Crippen LogP contribution in [-0.4, -0.2) is 32.5 Å². The van der Waals surface area contributed by atoms with Gasteiger partial charge in [-0.15, -0.1) is 0 Å². The molecule has 1 N–H and O–H groups in total. The first kappa shape index (κ1) is 16.6. The molecule has 24 heavy (non-hydrogen) atoms. The van der Waals surface area contributed by atoms with Gasteiger partial charge in [0.25, 0.3) is 0 Å². The number of fused-ring (bicyclic) bond motifs is 1. The van der Waals surface area contributed by atoms with Crippen LogP contribution < -0.4 is 0 Å². The summed E-state index contributed by atoms with van der Waals surface area (Å²) in [7, 11) is 0. The molecule has 0 fully saturated rings. The van der Waals surface area contributed by atoms with Gasteiger partial charge < -0.3 is 9.52 Å². The predicted octanol–water partition coefficient (Wildman–Crippen LogP) is 2.93. The summed E-state index contributed by atoms with van der Waals surface area (Å²) in [4.78, 5) is 22.5. The third-order valence-corrected chi connectivity index (χ3v) is 4.23. The van der Waals surface area contributed by atoms with E-state index >= 15 is 0 Å². The number of carbonyl (C=O) groups is 1.